The third-order valence-electron chi connectivity index (χ3n) is 6.21. The summed E-state index contributed by atoms with van der Waals surface area (Å²) in [7, 11) is -4.09. The van der Waals surface area contributed by atoms with Crippen molar-refractivity contribution in [3.63, 3.8) is 0 Å². The first-order chi connectivity index (χ1) is 18.7. The molecule has 0 saturated carbocycles. The fourth-order valence-electron chi connectivity index (χ4n) is 4.10. The number of amides is 2. The number of sulfonamides is 1. The smallest absolute Gasteiger partial charge is 0.264 e. The molecule has 0 fully saturated rings. The van der Waals surface area contributed by atoms with Gasteiger partial charge < -0.3 is 10.2 Å². The van der Waals surface area contributed by atoms with Crippen molar-refractivity contribution in [3.05, 3.63) is 94.5 Å². The normalized spacial score (nSPS) is 12.0. The third kappa shape index (κ3) is 7.97. The Morgan fingerprint density at radius 1 is 0.897 bits per heavy atom. The minimum atomic E-state index is -4.09. The van der Waals surface area contributed by atoms with Crippen molar-refractivity contribution >= 4 is 50.7 Å². The summed E-state index contributed by atoms with van der Waals surface area (Å²) >= 11 is 12.3. The van der Waals surface area contributed by atoms with Crippen LogP contribution in [-0.4, -0.2) is 44.3 Å². The zero-order valence-corrected chi connectivity index (χ0v) is 24.3. The van der Waals surface area contributed by atoms with E-state index < -0.39 is 28.5 Å². The molecule has 1 N–H and O–H groups in total. The summed E-state index contributed by atoms with van der Waals surface area (Å²) in [6.45, 7) is 3.87. The van der Waals surface area contributed by atoms with Crippen LogP contribution in [0.4, 0.5) is 5.69 Å². The quantitative estimate of drug-likeness (QED) is 0.251. The van der Waals surface area contributed by atoms with Crippen LogP contribution in [-0.2, 0) is 26.2 Å². The molecule has 0 saturated heterocycles. The Kier molecular flexibility index (Phi) is 11.2. The van der Waals surface area contributed by atoms with Crippen LogP contribution in [0.25, 0.3) is 0 Å². The van der Waals surface area contributed by atoms with Gasteiger partial charge in [0.1, 0.15) is 12.6 Å². The molecule has 2 amide bonds. The van der Waals surface area contributed by atoms with E-state index in [1.165, 1.54) is 17.0 Å². The lowest BCUT2D eigenvalue weighted by Crippen LogP contribution is -2.52. The van der Waals surface area contributed by atoms with Gasteiger partial charge in [-0.3, -0.25) is 13.9 Å². The van der Waals surface area contributed by atoms with Crippen LogP contribution >= 0.6 is 23.2 Å². The molecule has 7 nitrogen and oxygen atoms in total. The van der Waals surface area contributed by atoms with Crippen molar-refractivity contribution in [3.8, 4) is 0 Å². The van der Waals surface area contributed by atoms with Crippen LogP contribution in [0, 0.1) is 0 Å². The maximum atomic E-state index is 14.0. The largest absolute Gasteiger partial charge is 0.354 e. The second kappa shape index (κ2) is 14.4. The summed E-state index contributed by atoms with van der Waals surface area (Å²) in [4.78, 5) is 28.6. The zero-order valence-electron chi connectivity index (χ0n) is 22.0. The molecule has 0 aliphatic carbocycles. The van der Waals surface area contributed by atoms with Crippen molar-refractivity contribution in [2.75, 3.05) is 17.4 Å². The van der Waals surface area contributed by atoms with E-state index in [4.69, 9.17) is 23.2 Å². The molecule has 10 heteroatoms. The topological polar surface area (TPSA) is 86.8 Å². The summed E-state index contributed by atoms with van der Waals surface area (Å²) in [6, 6.07) is 20.6. The Morgan fingerprint density at radius 3 is 2.13 bits per heavy atom. The van der Waals surface area contributed by atoms with E-state index in [2.05, 4.69) is 5.32 Å². The molecule has 0 aromatic heterocycles. The average Bonchev–Trinajstić information content (AvgIpc) is 2.94. The molecule has 1 atom stereocenters. The maximum Gasteiger partial charge on any atom is 0.264 e. The van der Waals surface area contributed by atoms with Crippen LogP contribution in [0.3, 0.4) is 0 Å². The zero-order chi connectivity index (χ0) is 28.4. The SMILES string of the molecule is CCCCNC(=O)[C@H](CC)N(Cc1ccc(Cl)c(Cl)c1)C(=O)CN(c1ccccc1)S(=O)(=O)c1ccccc1. The number of benzene rings is 3. The lowest BCUT2D eigenvalue weighted by molar-refractivity contribution is -0.140. The number of hydrogen-bond donors (Lipinski definition) is 1. The Morgan fingerprint density at radius 2 is 1.54 bits per heavy atom. The first-order valence-electron chi connectivity index (χ1n) is 12.8. The van der Waals surface area contributed by atoms with Crippen LogP contribution < -0.4 is 9.62 Å². The summed E-state index contributed by atoms with van der Waals surface area (Å²) in [5, 5.41) is 3.59. The fraction of sp³-hybridized carbons (Fsp3) is 0.310. The average molecular weight is 591 g/mol. The first-order valence-corrected chi connectivity index (χ1v) is 15.0. The van der Waals surface area contributed by atoms with Crippen molar-refractivity contribution < 1.29 is 18.0 Å². The number of halogens is 2. The number of hydrogen-bond acceptors (Lipinski definition) is 4. The van der Waals surface area contributed by atoms with E-state index >= 15 is 0 Å². The van der Waals surface area contributed by atoms with Gasteiger partial charge in [-0.15, -0.1) is 0 Å². The van der Waals surface area contributed by atoms with Crippen LogP contribution in [0.2, 0.25) is 10.0 Å². The second-order valence-corrected chi connectivity index (χ2v) is 11.7. The molecular weight excluding hydrogens is 557 g/mol. The molecule has 0 heterocycles. The molecular formula is C29H33Cl2N3O4S. The number of anilines is 1. The number of carbonyl (C=O) groups excluding carboxylic acids is 2. The van der Waals surface area contributed by atoms with E-state index in [0.29, 0.717) is 34.3 Å². The van der Waals surface area contributed by atoms with Gasteiger partial charge in [0.15, 0.2) is 0 Å². The van der Waals surface area contributed by atoms with E-state index in [1.807, 2.05) is 13.8 Å². The lowest BCUT2D eigenvalue weighted by Gasteiger charge is -2.33. The van der Waals surface area contributed by atoms with Gasteiger partial charge in [-0.1, -0.05) is 85.9 Å². The predicted octanol–water partition coefficient (Wildman–Crippen LogP) is 5.91. The molecule has 3 aromatic carbocycles. The van der Waals surface area contributed by atoms with Crippen molar-refractivity contribution in [1.82, 2.24) is 10.2 Å². The van der Waals surface area contributed by atoms with Gasteiger partial charge in [0, 0.05) is 13.1 Å². The van der Waals surface area contributed by atoms with Crippen LogP contribution in [0.5, 0.6) is 0 Å². The van der Waals surface area contributed by atoms with E-state index in [1.54, 1.807) is 66.7 Å². The molecule has 3 aromatic rings. The molecule has 0 aliphatic heterocycles. The summed E-state index contributed by atoms with van der Waals surface area (Å²) in [6.07, 6.45) is 2.05. The van der Waals surface area contributed by atoms with Crippen molar-refractivity contribution in [1.29, 1.82) is 0 Å². The molecule has 3 rings (SSSR count). The van der Waals surface area contributed by atoms with E-state index in [0.717, 1.165) is 17.1 Å². The van der Waals surface area contributed by atoms with Crippen LogP contribution in [0.1, 0.15) is 38.7 Å². The third-order valence-corrected chi connectivity index (χ3v) is 8.73. The van der Waals surface area contributed by atoms with Crippen molar-refractivity contribution in [2.45, 2.75) is 50.6 Å². The number of carbonyl (C=O) groups is 2. The molecule has 0 aliphatic rings. The van der Waals surface area contributed by atoms with Gasteiger partial charge in [0.05, 0.1) is 20.6 Å². The minimum Gasteiger partial charge on any atom is -0.354 e. The highest BCUT2D eigenvalue weighted by molar-refractivity contribution is 7.92. The molecule has 0 unspecified atom stereocenters. The monoisotopic (exact) mass is 589 g/mol. The van der Waals surface area contributed by atoms with Crippen molar-refractivity contribution in [2.24, 2.45) is 0 Å². The minimum absolute atomic E-state index is 0.0451. The van der Waals surface area contributed by atoms with Gasteiger partial charge in [-0.25, -0.2) is 8.42 Å². The van der Waals surface area contributed by atoms with Gasteiger partial charge in [-0.05, 0) is 54.8 Å². The highest BCUT2D eigenvalue weighted by Gasteiger charge is 2.33. The summed E-state index contributed by atoms with van der Waals surface area (Å²) < 4.78 is 28.5. The second-order valence-electron chi connectivity index (χ2n) is 9.00. The number of rotatable bonds is 13. The first kappa shape index (κ1) is 30.5. The summed E-state index contributed by atoms with van der Waals surface area (Å²) in [5.41, 5.74) is 0.999. The van der Waals surface area contributed by atoms with Gasteiger partial charge >= 0.3 is 0 Å². The number of nitrogens with zero attached hydrogens (tertiary/aromatic N) is 2. The Bertz CT molecular complexity index is 1360. The number of unbranched alkanes of at least 4 members (excludes halogenated alkanes) is 1. The highest BCUT2D eigenvalue weighted by Crippen LogP contribution is 2.26. The van der Waals surface area contributed by atoms with Gasteiger partial charge in [0.25, 0.3) is 10.0 Å². The van der Waals surface area contributed by atoms with E-state index in [-0.39, 0.29) is 17.3 Å². The highest BCUT2D eigenvalue weighted by atomic mass is 35.5. The number of nitrogens with one attached hydrogen (secondary N) is 1. The Hall–Kier alpha value is -3.07. The number of para-hydroxylation sites is 1. The molecule has 39 heavy (non-hydrogen) atoms. The fourth-order valence-corrected chi connectivity index (χ4v) is 5.86. The lowest BCUT2D eigenvalue weighted by atomic mass is 10.1. The van der Waals surface area contributed by atoms with E-state index in [9.17, 15) is 18.0 Å². The predicted molar refractivity (Wildman–Crippen MR) is 156 cm³/mol. The summed E-state index contributed by atoms with van der Waals surface area (Å²) in [5.74, 6) is -0.821. The molecule has 208 valence electrons. The Balaban J connectivity index is 2.01. The molecule has 0 spiro atoms. The maximum absolute atomic E-state index is 14.0. The standard InChI is InChI=1S/C29H33Cl2N3O4S/c1-3-5-18-32-29(36)27(4-2)33(20-22-16-17-25(30)26(31)19-22)28(35)21-34(23-12-8-6-9-13-23)39(37,38)24-14-10-7-11-15-24/h6-17,19,27H,3-5,18,20-21H2,1-2H3,(H,32,36)/t27-/m0/s1. The Labute approximate surface area is 240 Å². The van der Waals surface area contributed by atoms with Crippen LogP contribution in [0.15, 0.2) is 83.8 Å². The molecule has 0 radical (unpaired) electrons. The van der Waals surface area contributed by atoms with Gasteiger partial charge in [0.2, 0.25) is 11.8 Å². The van der Waals surface area contributed by atoms with Gasteiger partial charge in [-0.2, -0.15) is 0 Å². The molecule has 0 bridgehead atoms.